The second kappa shape index (κ2) is 2.97. The van der Waals surface area contributed by atoms with Crippen molar-refractivity contribution in [1.82, 2.24) is 9.55 Å². The highest BCUT2D eigenvalue weighted by Crippen LogP contribution is 2.34. The second-order valence-electron chi connectivity index (χ2n) is 4.77. The molecule has 1 saturated heterocycles. The Bertz CT molecular complexity index is 536. The fourth-order valence-corrected chi connectivity index (χ4v) is 2.32. The molecule has 0 N–H and O–H groups in total. The van der Waals surface area contributed by atoms with E-state index in [2.05, 4.69) is 4.98 Å². The number of anilines is 1. The van der Waals surface area contributed by atoms with Crippen LogP contribution in [0.5, 0.6) is 0 Å². The van der Waals surface area contributed by atoms with Gasteiger partial charge in [0, 0.05) is 7.05 Å². The lowest BCUT2D eigenvalue weighted by Crippen LogP contribution is -2.57. The van der Waals surface area contributed by atoms with Crippen LogP contribution in [0.15, 0.2) is 24.5 Å². The lowest BCUT2D eigenvalue weighted by molar-refractivity contribution is 0.145. The number of fused-ring (bicyclic) bond motifs is 1. The number of hydrogen-bond donors (Lipinski definition) is 0. The van der Waals surface area contributed by atoms with Gasteiger partial charge in [0.2, 0.25) is 0 Å². The molecule has 0 saturated carbocycles. The number of aromatic nitrogens is 2. The van der Waals surface area contributed by atoms with E-state index in [-0.39, 0.29) is 0 Å². The quantitative estimate of drug-likeness (QED) is 0.732. The molecule has 0 amide bonds. The molecule has 1 aliphatic heterocycles. The monoisotopic (exact) mass is 219 g/mol. The van der Waals surface area contributed by atoms with E-state index in [4.69, 9.17) is 0 Å². The smallest absolute Gasteiger partial charge is 0.142 e. The fourth-order valence-electron chi connectivity index (χ4n) is 2.32. The molecule has 0 aliphatic carbocycles. The number of hydrogen-bond acceptors (Lipinski definition) is 2. The van der Waals surface area contributed by atoms with Crippen molar-refractivity contribution in [2.24, 2.45) is 7.05 Å². The topological polar surface area (TPSA) is 21.1 Å². The van der Waals surface area contributed by atoms with Crippen molar-refractivity contribution in [2.45, 2.75) is 12.6 Å². The molecule has 3 rings (SSSR count). The van der Waals surface area contributed by atoms with Gasteiger partial charge in [-0.2, -0.15) is 0 Å². The van der Waals surface area contributed by atoms with Crippen molar-refractivity contribution in [1.29, 1.82) is 0 Å². The normalized spacial score (nSPS) is 18.8. The minimum Gasteiger partial charge on any atom is -0.363 e. The summed E-state index contributed by atoms with van der Waals surface area (Å²) in [6.45, 7) is 2.56. The minimum atomic E-state index is -1.04. The zero-order chi connectivity index (χ0) is 11.3. The highest BCUT2D eigenvalue weighted by molar-refractivity contribution is 5.89. The van der Waals surface area contributed by atoms with Crippen LogP contribution in [0, 0.1) is 0 Å². The summed E-state index contributed by atoms with van der Waals surface area (Å²) in [6.07, 6.45) is 1.79. The van der Waals surface area contributed by atoms with Gasteiger partial charge in [-0.3, -0.25) is 0 Å². The Morgan fingerprint density at radius 1 is 1.38 bits per heavy atom. The number of para-hydroxylation sites is 1. The number of halogens is 1. The zero-order valence-corrected chi connectivity index (χ0v) is 9.44. The van der Waals surface area contributed by atoms with Crippen molar-refractivity contribution < 1.29 is 4.39 Å². The maximum absolute atomic E-state index is 13.5. The maximum atomic E-state index is 13.5. The van der Waals surface area contributed by atoms with Crippen LogP contribution < -0.4 is 4.90 Å². The molecule has 0 spiro atoms. The molecule has 1 aromatic carbocycles. The van der Waals surface area contributed by atoms with Crippen molar-refractivity contribution in [2.75, 3.05) is 18.0 Å². The Balaban J connectivity index is 2.05. The minimum absolute atomic E-state index is 0.461. The lowest BCUT2D eigenvalue weighted by atomic mass is 9.98. The number of nitrogens with zero attached hydrogens (tertiary/aromatic N) is 3. The Morgan fingerprint density at radius 2 is 2.12 bits per heavy atom. The van der Waals surface area contributed by atoms with Gasteiger partial charge in [0.15, 0.2) is 0 Å². The highest BCUT2D eigenvalue weighted by Gasteiger charge is 2.39. The van der Waals surface area contributed by atoms with Gasteiger partial charge in [-0.15, -0.1) is 0 Å². The molecule has 4 heteroatoms. The molecule has 0 unspecified atom stereocenters. The third kappa shape index (κ3) is 1.29. The third-order valence-corrected chi connectivity index (χ3v) is 3.12. The third-order valence-electron chi connectivity index (χ3n) is 3.12. The van der Waals surface area contributed by atoms with Gasteiger partial charge in [0.1, 0.15) is 11.2 Å². The van der Waals surface area contributed by atoms with Gasteiger partial charge in [0.05, 0.1) is 30.6 Å². The summed E-state index contributed by atoms with van der Waals surface area (Å²) in [7, 11) is 1.97. The maximum Gasteiger partial charge on any atom is 0.142 e. The van der Waals surface area contributed by atoms with Crippen LogP contribution in [0.3, 0.4) is 0 Å². The number of alkyl halides is 1. The Morgan fingerprint density at radius 3 is 2.81 bits per heavy atom. The number of rotatable bonds is 1. The Hall–Kier alpha value is -1.58. The van der Waals surface area contributed by atoms with E-state index in [1.165, 1.54) is 0 Å². The standard InChI is InChI=1S/C12H14FN3/c1-12(13)6-16(7-12)10-5-3-4-9-11(10)14-8-15(9)2/h3-5,8H,6-7H2,1-2H3. The molecule has 0 radical (unpaired) electrons. The summed E-state index contributed by atoms with van der Waals surface area (Å²) in [6, 6.07) is 6.03. The van der Waals surface area contributed by atoms with Gasteiger partial charge in [-0.25, -0.2) is 9.37 Å². The number of benzene rings is 1. The lowest BCUT2D eigenvalue weighted by Gasteiger charge is -2.43. The van der Waals surface area contributed by atoms with Gasteiger partial charge in [-0.1, -0.05) is 6.07 Å². The first-order chi connectivity index (χ1) is 7.57. The average molecular weight is 219 g/mol. The first-order valence-corrected chi connectivity index (χ1v) is 5.41. The van der Waals surface area contributed by atoms with Gasteiger partial charge < -0.3 is 9.47 Å². The molecule has 16 heavy (non-hydrogen) atoms. The van der Waals surface area contributed by atoms with E-state index in [0.29, 0.717) is 13.1 Å². The van der Waals surface area contributed by atoms with Gasteiger partial charge in [-0.05, 0) is 19.1 Å². The molecule has 2 aromatic rings. The van der Waals surface area contributed by atoms with Crippen molar-refractivity contribution in [3.63, 3.8) is 0 Å². The number of imidazole rings is 1. The summed E-state index contributed by atoms with van der Waals surface area (Å²) >= 11 is 0. The predicted molar refractivity (Wildman–Crippen MR) is 62.4 cm³/mol. The summed E-state index contributed by atoms with van der Waals surface area (Å²) in [5.74, 6) is 0. The molecule has 0 atom stereocenters. The van der Waals surface area contributed by atoms with E-state index >= 15 is 0 Å². The molecule has 2 heterocycles. The van der Waals surface area contributed by atoms with E-state index < -0.39 is 5.67 Å². The van der Waals surface area contributed by atoms with Crippen LogP contribution in [0.25, 0.3) is 11.0 Å². The van der Waals surface area contributed by atoms with Crippen LogP contribution >= 0.6 is 0 Å². The van der Waals surface area contributed by atoms with Crippen LogP contribution in [-0.4, -0.2) is 28.3 Å². The SMILES string of the molecule is Cn1cnc2c(N3CC(C)(F)C3)cccc21. The van der Waals surface area contributed by atoms with Crippen LogP contribution in [0.2, 0.25) is 0 Å². The van der Waals surface area contributed by atoms with Crippen LogP contribution in [0.4, 0.5) is 10.1 Å². The largest absolute Gasteiger partial charge is 0.363 e. The number of aryl methyl sites for hydroxylation is 1. The molecule has 1 aromatic heterocycles. The molecule has 84 valence electrons. The van der Waals surface area contributed by atoms with E-state index in [0.717, 1.165) is 16.7 Å². The van der Waals surface area contributed by atoms with Crippen LogP contribution in [0.1, 0.15) is 6.92 Å². The van der Waals surface area contributed by atoms with Gasteiger partial charge >= 0.3 is 0 Å². The molecule has 3 nitrogen and oxygen atoms in total. The summed E-state index contributed by atoms with van der Waals surface area (Å²) < 4.78 is 15.5. The summed E-state index contributed by atoms with van der Waals surface area (Å²) in [5, 5.41) is 0. The van der Waals surface area contributed by atoms with E-state index in [1.54, 1.807) is 13.3 Å². The average Bonchev–Trinajstić information content (AvgIpc) is 2.57. The van der Waals surface area contributed by atoms with Crippen LogP contribution in [-0.2, 0) is 7.05 Å². The van der Waals surface area contributed by atoms with E-state index in [9.17, 15) is 4.39 Å². The molecule has 1 aliphatic rings. The zero-order valence-electron chi connectivity index (χ0n) is 9.44. The molecular weight excluding hydrogens is 205 g/mol. The first kappa shape index (κ1) is 9.63. The van der Waals surface area contributed by atoms with Crippen molar-refractivity contribution >= 4 is 16.7 Å². The fraction of sp³-hybridized carbons (Fsp3) is 0.417. The van der Waals surface area contributed by atoms with Gasteiger partial charge in [0.25, 0.3) is 0 Å². The Labute approximate surface area is 93.5 Å². The first-order valence-electron chi connectivity index (χ1n) is 5.41. The van der Waals surface area contributed by atoms with E-state index in [1.807, 2.05) is 34.7 Å². The molecule has 1 fully saturated rings. The van der Waals surface area contributed by atoms with Crippen molar-refractivity contribution in [3.8, 4) is 0 Å². The molecule has 0 bridgehead atoms. The van der Waals surface area contributed by atoms with Crippen molar-refractivity contribution in [3.05, 3.63) is 24.5 Å². The predicted octanol–water partition coefficient (Wildman–Crippen LogP) is 2.12. The molecular formula is C12H14FN3. The Kier molecular flexibility index (Phi) is 1.79. The highest BCUT2D eigenvalue weighted by atomic mass is 19.1. The summed E-state index contributed by atoms with van der Waals surface area (Å²) in [5.41, 5.74) is 2.04. The second-order valence-corrected chi connectivity index (χ2v) is 4.77. The summed E-state index contributed by atoms with van der Waals surface area (Å²) in [4.78, 5) is 6.40.